The quantitative estimate of drug-likeness (QED) is 0.300. The highest BCUT2D eigenvalue weighted by Gasteiger charge is 2.14. The molecule has 8 heteroatoms. The lowest BCUT2D eigenvalue weighted by molar-refractivity contribution is 0.303. The summed E-state index contributed by atoms with van der Waals surface area (Å²) in [6.07, 6.45) is 0. The number of H-pyrrole nitrogens is 1. The van der Waals surface area contributed by atoms with Gasteiger partial charge < -0.3 is 10.2 Å². The van der Waals surface area contributed by atoms with Crippen LogP contribution in [0.25, 0.3) is 11.4 Å². The number of hydrogen-bond donors (Lipinski definition) is 2. The third-order valence-electron chi connectivity index (χ3n) is 4.72. The van der Waals surface area contributed by atoms with Crippen LogP contribution in [0, 0.1) is 11.7 Å². The molecular weight excluding hydrogens is 451 g/mol. The van der Waals surface area contributed by atoms with Crippen LogP contribution >= 0.6 is 35.4 Å². The second-order valence-electron chi connectivity index (χ2n) is 7.04. The molecule has 1 heterocycles. The van der Waals surface area contributed by atoms with Crippen molar-refractivity contribution >= 4 is 35.4 Å². The van der Waals surface area contributed by atoms with E-state index < -0.39 is 0 Å². The molecule has 0 spiro atoms. The Morgan fingerprint density at radius 2 is 1.81 bits per heavy atom. The van der Waals surface area contributed by atoms with Crippen molar-refractivity contribution in [3.8, 4) is 17.1 Å². The zero-order chi connectivity index (χ0) is 21.8. The van der Waals surface area contributed by atoms with Gasteiger partial charge in [0.25, 0.3) is 0 Å². The fourth-order valence-electron chi connectivity index (χ4n) is 3.14. The molecule has 0 saturated heterocycles. The van der Waals surface area contributed by atoms with E-state index in [9.17, 15) is 0 Å². The van der Waals surface area contributed by atoms with Crippen molar-refractivity contribution in [3.05, 3.63) is 98.2 Å². The number of ether oxygens (including phenoxy) is 1. The first-order valence-corrected chi connectivity index (χ1v) is 10.8. The van der Waals surface area contributed by atoms with E-state index in [2.05, 4.69) is 34.7 Å². The largest absolute Gasteiger partial charge is 0.487 e. The number of nitrogens with zero attached hydrogens (tertiary/aromatic N) is 2. The first-order chi connectivity index (χ1) is 15.0. The minimum Gasteiger partial charge on any atom is -0.487 e. The number of halogens is 2. The summed E-state index contributed by atoms with van der Waals surface area (Å²) in [4.78, 5) is 0. The Hall–Kier alpha value is -2.80. The highest BCUT2D eigenvalue weighted by Crippen LogP contribution is 2.33. The molecular formula is C23H20Cl2N4OS. The molecule has 1 aromatic heterocycles. The van der Waals surface area contributed by atoms with E-state index in [1.165, 1.54) is 5.56 Å². The summed E-state index contributed by atoms with van der Waals surface area (Å²) in [5.74, 6) is 1.26. The predicted octanol–water partition coefficient (Wildman–Crippen LogP) is 6.55. The van der Waals surface area contributed by atoms with Gasteiger partial charge in [0.05, 0.1) is 11.6 Å². The van der Waals surface area contributed by atoms with Crippen LogP contribution in [0.15, 0.2) is 66.7 Å². The van der Waals surface area contributed by atoms with E-state index in [-0.39, 0.29) is 0 Å². The second-order valence-corrected chi connectivity index (χ2v) is 8.27. The van der Waals surface area contributed by atoms with Crippen molar-refractivity contribution in [2.75, 3.05) is 5.43 Å². The van der Waals surface area contributed by atoms with Gasteiger partial charge in [-0.25, -0.2) is 9.77 Å². The maximum Gasteiger partial charge on any atom is 0.214 e. The number of aromatic amines is 1. The fourth-order valence-corrected chi connectivity index (χ4v) is 3.92. The Morgan fingerprint density at radius 1 is 1.06 bits per heavy atom. The van der Waals surface area contributed by atoms with Crippen LogP contribution in [-0.4, -0.2) is 14.9 Å². The minimum atomic E-state index is 0.386. The standard InChI is InChI=1S/C23H20Cl2N4OS/c1-15-7-9-16(10-8-15)14-30-21-18(11-19(24)12-20(21)25)13-26-29-22(27-28-23(29)31)17-5-3-2-4-6-17/h2-12,26H,13-14H2,1H3,(H,28,31). The number of aromatic nitrogens is 3. The van der Waals surface area contributed by atoms with Crippen LogP contribution in [0.1, 0.15) is 16.7 Å². The summed E-state index contributed by atoms with van der Waals surface area (Å²) in [5.41, 5.74) is 7.30. The van der Waals surface area contributed by atoms with E-state index in [0.717, 1.165) is 16.7 Å². The Bertz CT molecular complexity index is 1240. The topological polar surface area (TPSA) is 54.9 Å². The smallest absolute Gasteiger partial charge is 0.214 e. The molecule has 3 aromatic carbocycles. The number of benzene rings is 3. The van der Waals surface area contributed by atoms with Gasteiger partial charge in [-0.15, -0.1) is 0 Å². The van der Waals surface area contributed by atoms with Crippen LogP contribution in [-0.2, 0) is 13.2 Å². The molecule has 0 aliphatic carbocycles. The molecule has 158 valence electrons. The van der Waals surface area contributed by atoms with Crippen LogP contribution < -0.4 is 10.2 Å². The molecule has 5 nitrogen and oxygen atoms in total. The number of rotatable bonds is 7. The minimum absolute atomic E-state index is 0.386. The maximum atomic E-state index is 6.46. The maximum absolute atomic E-state index is 6.46. The van der Waals surface area contributed by atoms with Crippen LogP contribution in [0.3, 0.4) is 0 Å². The van der Waals surface area contributed by atoms with Crippen molar-refractivity contribution in [1.29, 1.82) is 0 Å². The van der Waals surface area contributed by atoms with Gasteiger partial charge in [0.15, 0.2) is 5.82 Å². The van der Waals surface area contributed by atoms with Gasteiger partial charge in [0, 0.05) is 16.1 Å². The molecule has 0 saturated carbocycles. The second kappa shape index (κ2) is 9.56. The van der Waals surface area contributed by atoms with Crippen molar-refractivity contribution in [3.63, 3.8) is 0 Å². The molecule has 2 N–H and O–H groups in total. The van der Waals surface area contributed by atoms with Gasteiger partial charge in [0.1, 0.15) is 12.4 Å². The van der Waals surface area contributed by atoms with Gasteiger partial charge in [-0.2, -0.15) is 5.10 Å². The first kappa shape index (κ1) is 21.4. The molecule has 0 aliphatic rings. The summed E-state index contributed by atoms with van der Waals surface area (Å²) < 4.78 is 8.25. The van der Waals surface area contributed by atoms with Gasteiger partial charge in [-0.1, -0.05) is 83.4 Å². The Kier molecular flexibility index (Phi) is 6.61. The van der Waals surface area contributed by atoms with Crippen molar-refractivity contribution in [2.24, 2.45) is 0 Å². The van der Waals surface area contributed by atoms with Crippen molar-refractivity contribution < 1.29 is 4.74 Å². The third kappa shape index (κ3) is 5.10. The highest BCUT2D eigenvalue weighted by atomic mass is 35.5. The summed E-state index contributed by atoms with van der Waals surface area (Å²) >= 11 is 18.1. The average molecular weight is 471 g/mol. The number of aryl methyl sites for hydroxylation is 1. The van der Waals surface area contributed by atoms with E-state index in [1.807, 2.05) is 48.5 Å². The van der Waals surface area contributed by atoms with Gasteiger partial charge in [0.2, 0.25) is 4.77 Å². The van der Waals surface area contributed by atoms with Crippen molar-refractivity contribution in [1.82, 2.24) is 14.9 Å². The summed E-state index contributed by atoms with van der Waals surface area (Å²) in [5, 5.41) is 8.15. The van der Waals surface area contributed by atoms with E-state index in [0.29, 0.717) is 39.5 Å². The summed E-state index contributed by atoms with van der Waals surface area (Å²) in [7, 11) is 0. The lowest BCUT2D eigenvalue weighted by Gasteiger charge is -2.16. The molecule has 0 radical (unpaired) electrons. The summed E-state index contributed by atoms with van der Waals surface area (Å²) in [6, 6.07) is 21.5. The van der Waals surface area contributed by atoms with Gasteiger partial charge in [-0.05, 0) is 36.8 Å². The molecule has 4 aromatic rings. The lowest BCUT2D eigenvalue weighted by Crippen LogP contribution is -2.16. The van der Waals surface area contributed by atoms with E-state index in [1.54, 1.807) is 10.7 Å². The van der Waals surface area contributed by atoms with Crippen LogP contribution in [0.2, 0.25) is 10.0 Å². The SMILES string of the molecule is Cc1ccc(COc2c(Cl)cc(Cl)cc2CNn2c(-c3ccccc3)n[nH]c2=S)cc1. The Balaban J connectivity index is 1.57. The Morgan fingerprint density at radius 3 is 2.55 bits per heavy atom. The zero-order valence-corrected chi connectivity index (χ0v) is 19.1. The molecule has 0 unspecified atom stereocenters. The molecule has 0 atom stereocenters. The van der Waals surface area contributed by atoms with E-state index in [4.69, 9.17) is 40.2 Å². The first-order valence-electron chi connectivity index (χ1n) is 9.64. The molecule has 0 amide bonds. The zero-order valence-electron chi connectivity index (χ0n) is 16.7. The van der Waals surface area contributed by atoms with Gasteiger partial charge in [-0.3, -0.25) is 0 Å². The number of hydrogen-bond acceptors (Lipinski definition) is 4. The molecule has 4 rings (SSSR count). The van der Waals surface area contributed by atoms with Crippen molar-refractivity contribution in [2.45, 2.75) is 20.1 Å². The van der Waals surface area contributed by atoms with Crippen LogP contribution in [0.5, 0.6) is 5.75 Å². The molecule has 0 aliphatic heterocycles. The normalized spacial score (nSPS) is 10.8. The predicted molar refractivity (Wildman–Crippen MR) is 128 cm³/mol. The lowest BCUT2D eigenvalue weighted by atomic mass is 10.1. The molecule has 0 bridgehead atoms. The average Bonchev–Trinajstić information content (AvgIpc) is 3.13. The molecule has 31 heavy (non-hydrogen) atoms. The monoisotopic (exact) mass is 470 g/mol. The Labute approximate surface area is 195 Å². The van der Waals surface area contributed by atoms with Crippen LogP contribution in [0.4, 0.5) is 0 Å². The highest BCUT2D eigenvalue weighted by molar-refractivity contribution is 7.71. The van der Waals surface area contributed by atoms with Gasteiger partial charge >= 0.3 is 0 Å². The summed E-state index contributed by atoms with van der Waals surface area (Å²) in [6.45, 7) is 2.83. The molecule has 0 fully saturated rings. The third-order valence-corrected chi connectivity index (χ3v) is 5.49. The van der Waals surface area contributed by atoms with E-state index >= 15 is 0 Å². The number of nitrogens with one attached hydrogen (secondary N) is 2. The fraction of sp³-hybridized carbons (Fsp3) is 0.130.